The number of rotatable bonds is 7. The van der Waals surface area contributed by atoms with Crippen LogP contribution in [-0.2, 0) is 11.2 Å². The summed E-state index contributed by atoms with van der Waals surface area (Å²) in [4.78, 5) is 16.5. The lowest BCUT2D eigenvalue weighted by atomic mass is 10.2. The van der Waals surface area contributed by atoms with Gasteiger partial charge in [-0.1, -0.05) is 35.3 Å². The Bertz CT molecular complexity index is 864. The molecule has 0 aliphatic heterocycles. The summed E-state index contributed by atoms with van der Waals surface area (Å²) in [6, 6.07) is 14.6. The molecule has 0 bridgehead atoms. The van der Waals surface area contributed by atoms with Crippen LogP contribution in [0.3, 0.4) is 0 Å². The highest BCUT2D eigenvalue weighted by Gasteiger charge is 2.09. The number of carbonyl (C=O) groups is 1. The van der Waals surface area contributed by atoms with Crippen molar-refractivity contribution in [2.75, 3.05) is 13.2 Å². The first-order chi connectivity index (χ1) is 12.6. The van der Waals surface area contributed by atoms with E-state index in [0.717, 1.165) is 22.0 Å². The number of benzene rings is 2. The molecule has 134 valence electrons. The van der Waals surface area contributed by atoms with Crippen molar-refractivity contribution in [2.24, 2.45) is 0 Å². The van der Waals surface area contributed by atoms with E-state index in [1.165, 1.54) is 11.3 Å². The Hall–Kier alpha value is -2.08. The highest BCUT2D eigenvalue weighted by Crippen LogP contribution is 2.25. The first-order valence-corrected chi connectivity index (χ1v) is 9.59. The molecule has 0 fully saturated rings. The lowest BCUT2D eigenvalue weighted by molar-refractivity contribution is -0.120. The van der Waals surface area contributed by atoms with Gasteiger partial charge in [-0.25, -0.2) is 4.98 Å². The van der Waals surface area contributed by atoms with E-state index in [0.29, 0.717) is 23.2 Å². The second-order valence-electron chi connectivity index (χ2n) is 5.48. The summed E-state index contributed by atoms with van der Waals surface area (Å²) in [5.41, 5.74) is 1.73. The fourth-order valence-electron chi connectivity index (χ4n) is 2.23. The molecule has 4 nitrogen and oxygen atoms in total. The minimum atomic E-state index is -0.0855. The van der Waals surface area contributed by atoms with Gasteiger partial charge in [0.05, 0.1) is 18.7 Å². The van der Waals surface area contributed by atoms with Gasteiger partial charge in [0, 0.05) is 21.0 Å². The van der Waals surface area contributed by atoms with Crippen LogP contribution in [0.25, 0.3) is 10.6 Å². The van der Waals surface area contributed by atoms with Crippen molar-refractivity contribution in [3.63, 3.8) is 0 Å². The number of carbonyl (C=O) groups excluding carboxylic acids is 1. The summed E-state index contributed by atoms with van der Waals surface area (Å²) >= 11 is 13.2. The van der Waals surface area contributed by atoms with Crippen LogP contribution in [0.15, 0.2) is 53.9 Å². The zero-order chi connectivity index (χ0) is 18.4. The van der Waals surface area contributed by atoms with E-state index in [1.54, 1.807) is 24.3 Å². The number of aromatic nitrogens is 1. The van der Waals surface area contributed by atoms with Crippen molar-refractivity contribution in [3.8, 4) is 16.3 Å². The summed E-state index contributed by atoms with van der Waals surface area (Å²) in [5, 5.41) is 6.94. The van der Waals surface area contributed by atoms with Crippen LogP contribution < -0.4 is 10.1 Å². The standard InChI is InChI=1S/C19H16Cl2N2O2S/c20-14-3-1-13(2-4-14)19-23-16(12-26-19)11-18(24)22-9-10-25-17-7-5-15(21)6-8-17/h1-8,12H,9-11H2,(H,22,24). The molecule has 0 saturated carbocycles. The summed E-state index contributed by atoms with van der Waals surface area (Å²) < 4.78 is 5.54. The highest BCUT2D eigenvalue weighted by atomic mass is 35.5. The Morgan fingerprint density at radius 3 is 2.38 bits per heavy atom. The average molecular weight is 407 g/mol. The molecule has 0 radical (unpaired) electrons. The van der Waals surface area contributed by atoms with Gasteiger partial charge < -0.3 is 10.1 Å². The van der Waals surface area contributed by atoms with Gasteiger partial charge in [0.2, 0.25) is 5.91 Å². The highest BCUT2D eigenvalue weighted by molar-refractivity contribution is 7.13. The Labute approximate surface area is 165 Å². The number of ether oxygens (including phenoxy) is 1. The van der Waals surface area contributed by atoms with E-state index in [2.05, 4.69) is 10.3 Å². The Morgan fingerprint density at radius 2 is 1.69 bits per heavy atom. The topological polar surface area (TPSA) is 51.2 Å². The third-order valence-electron chi connectivity index (χ3n) is 3.49. The Morgan fingerprint density at radius 1 is 1.04 bits per heavy atom. The van der Waals surface area contributed by atoms with Crippen LogP contribution in [0.4, 0.5) is 0 Å². The quantitative estimate of drug-likeness (QED) is 0.570. The van der Waals surface area contributed by atoms with Gasteiger partial charge in [0.1, 0.15) is 17.4 Å². The minimum Gasteiger partial charge on any atom is -0.492 e. The normalized spacial score (nSPS) is 10.5. The minimum absolute atomic E-state index is 0.0855. The molecular formula is C19H16Cl2N2O2S. The first-order valence-electron chi connectivity index (χ1n) is 7.95. The monoisotopic (exact) mass is 406 g/mol. The number of nitrogens with zero attached hydrogens (tertiary/aromatic N) is 1. The van der Waals surface area contributed by atoms with Crippen LogP contribution >= 0.6 is 34.5 Å². The van der Waals surface area contributed by atoms with E-state index in [9.17, 15) is 4.79 Å². The predicted octanol–water partition coefficient (Wildman–Crippen LogP) is 4.85. The lowest BCUT2D eigenvalue weighted by Gasteiger charge is -2.07. The number of thiazole rings is 1. The van der Waals surface area contributed by atoms with Crippen LogP contribution in [0.5, 0.6) is 5.75 Å². The molecular weight excluding hydrogens is 391 g/mol. The maximum absolute atomic E-state index is 12.0. The summed E-state index contributed by atoms with van der Waals surface area (Å²) in [6.45, 7) is 0.816. The van der Waals surface area contributed by atoms with Crippen molar-refractivity contribution in [1.29, 1.82) is 0 Å². The predicted molar refractivity (Wildman–Crippen MR) is 106 cm³/mol. The molecule has 3 aromatic rings. The van der Waals surface area contributed by atoms with Crippen molar-refractivity contribution in [1.82, 2.24) is 10.3 Å². The summed E-state index contributed by atoms with van der Waals surface area (Å²) in [5.74, 6) is 0.633. The molecule has 2 aromatic carbocycles. The Kier molecular flexibility index (Phi) is 6.50. The van der Waals surface area contributed by atoms with Crippen molar-refractivity contribution < 1.29 is 9.53 Å². The molecule has 1 heterocycles. The van der Waals surface area contributed by atoms with Gasteiger partial charge in [-0.2, -0.15) is 0 Å². The van der Waals surface area contributed by atoms with Gasteiger partial charge in [0.15, 0.2) is 0 Å². The second-order valence-corrected chi connectivity index (χ2v) is 7.21. The van der Waals surface area contributed by atoms with E-state index in [1.807, 2.05) is 29.6 Å². The second kappa shape index (κ2) is 9.03. The third-order valence-corrected chi connectivity index (χ3v) is 4.94. The molecule has 0 atom stereocenters. The number of nitrogens with one attached hydrogen (secondary N) is 1. The van der Waals surface area contributed by atoms with Crippen LogP contribution in [-0.4, -0.2) is 24.0 Å². The zero-order valence-corrected chi connectivity index (χ0v) is 16.1. The average Bonchev–Trinajstić information content (AvgIpc) is 3.09. The fraction of sp³-hybridized carbons (Fsp3) is 0.158. The van der Waals surface area contributed by atoms with Gasteiger partial charge in [-0.05, 0) is 36.4 Å². The molecule has 26 heavy (non-hydrogen) atoms. The molecule has 1 N–H and O–H groups in total. The number of hydrogen-bond donors (Lipinski definition) is 1. The Balaban J connectivity index is 1.43. The van der Waals surface area contributed by atoms with E-state index < -0.39 is 0 Å². The van der Waals surface area contributed by atoms with Crippen molar-refractivity contribution in [3.05, 3.63) is 69.7 Å². The molecule has 1 aromatic heterocycles. The van der Waals surface area contributed by atoms with Gasteiger partial charge in [-0.3, -0.25) is 4.79 Å². The van der Waals surface area contributed by atoms with Crippen LogP contribution in [0.2, 0.25) is 10.0 Å². The van der Waals surface area contributed by atoms with Crippen molar-refractivity contribution >= 4 is 40.4 Å². The number of amides is 1. The van der Waals surface area contributed by atoms with Crippen LogP contribution in [0, 0.1) is 0 Å². The molecule has 0 spiro atoms. The molecule has 0 saturated heterocycles. The number of hydrogen-bond acceptors (Lipinski definition) is 4. The molecule has 7 heteroatoms. The SMILES string of the molecule is O=C(Cc1csc(-c2ccc(Cl)cc2)n1)NCCOc1ccc(Cl)cc1. The van der Waals surface area contributed by atoms with Crippen molar-refractivity contribution in [2.45, 2.75) is 6.42 Å². The van der Waals surface area contributed by atoms with E-state index in [-0.39, 0.29) is 12.3 Å². The summed E-state index contributed by atoms with van der Waals surface area (Å²) in [6.07, 6.45) is 0.241. The number of halogens is 2. The molecule has 3 rings (SSSR count). The maximum Gasteiger partial charge on any atom is 0.226 e. The fourth-order valence-corrected chi connectivity index (χ4v) is 3.31. The third kappa shape index (κ3) is 5.46. The van der Waals surface area contributed by atoms with Gasteiger partial charge in [0.25, 0.3) is 0 Å². The molecule has 1 amide bonds. The molecule has 0 unspecified atom stereocenters. The van der Waals surface area contributed by atoms with E-state index in [4.69, 9.17) is 27.9 Å². The molecule has 0 aliphatic rings. The zero-order valence-electron chi connectivity index (χ0n) is 13.7. The van der Waals surface area contributed by atoms with Crippen LogP contribution in [0.1, 0.15) is 5.69 Å². The van der Waals surface area contributed by atoms with E-state index >= 15 is 0 Å². The first kappa shape index (κ1) is 18.7. The smallest absolute Gasteiger partial charge is 0.226 e. The summed E-state index contributed by atoms with van der Waals surface area (Å²) in [7, 11) is 0. The van der Waals surface area contributed by atoms with Gasteiger partial charge >= 0.3 is 0 Å². The molecule has 0 aliphatic carbocycles. The maximum atomic E-state index is 12.0. The largest absolute Gasteiger partial charge is 0.492 e. The lowest BCUT2D eigenvalue weighted by Crippen LogP contribution is -2.29. The van der Waals surface area contributed by atoms with Gasteiger partial charge in [-0.15, -0.1) is 11.3 Å².